The zero-order chi connectivity index (χ0) is 21.0. The van der Waals surface area contributed by atoms with Crippen molar-refractivity contribution in [2.75, 3.05) is 0 Å². The summed E-state index contributed by atoms with van der Waals surface area (Å²) in [5.41, 5.74) is 8.76. The molecule has 0 spiro atoms. The molecule has 0 bridgehead atoms. The van der Waals surface area contributed by atoms with Crippen LogP contribution in [0.1, 0.15) is 54.0 Å². The van der Waals surface area contributed by atoms with Gasteiger partial charge < -0.3 is 4.52 Å². The third-order valence-corrected chi connectivity index (χ3v) is 6.41. The number of benzene rings is 3. The predicted molar refractivity (Wildman–Crippen MR) is 127 cm³/mol. The topological polar surface area (TPSA) is 26.0 Å². The Bertz CT molecular complexity index is 1120. The Hall–Kier alpha value is -3.13. The highest BCUT2D eigenvalue weighted by atomic mass is 16.5. The summed E-state index contributed by atoms with van der Waals surface area (Å²) in [7, 11) is 0. The van der Waals surface area contributed by atoms with Crippen LogP contribution in [0, 0.1) is 6.92 Å². The number of unbranched alkanes of at least 4 members (excludes halogenated alkanes) is 1. The Morgan fingerprint density at radius 1 is 0.742 bits per heavy atom. The smallest absolute Gasteiger partial charge is 0.170 e. The minimum atomic E-state index is 0.803. The van der Waals surface area contributed by atoms with Crippen molar-refractivity contribution in [2.45, 2.75) is 51.4 Å². The van der Waals surface area contributed by atoms with Gasteiger partial charge in [0.1, 0.15) is 0 Å². The van der Waals surface area contributed by atoms with Crippen molar-refractivity contribution in [3.8, 4) is 22.5 Å². The number of hydrogen-bond acceptors (Lipinski definition) is 2. The van der Waals surface area contributed by atoms with Gasteiger partial charge in [0.2, 0.25) is 0 Å². The normalized spacial score (nSPS) is 13.5. The molecule has 0 unspecified atom stereocenters. The molecular formula is C29H29NO. The third kappa shape index (κ3) is 4.64. The quantitative estimate of drug-likeness (QED) is 0.279. The maximum absolute atomic E-state index is 5.74. The van der Waals surface area contributed by atoms with Gasteiger partial charge in [0.15, 0.2) is 5.76 Å². The van der Waals surface area contributed by atoms with Gasteiger partial charge >= 0.3 is 0 Å². The molecule has 0 aliphatic heterocycles. The number of rotatable bonds is 8. The fourth-order valence-corrected chi connectivity index (χ4v) is 4.36. The van der Waals surface area contributed by atoms with Crippen LogP contribution < -0.4 is 0 Å². The van der Waals surface area contributed by atoms with Crippen LogP contribution >= 0.6 is 0 Å². The Balaban J connectivity index is 1.25. The Labute approximate surface area is 184 Å². The van der Waals surface area contributed by atoms with E-state index >= 15 is 0 Å². The molecule has 1 aliphatic rings. The summed E-state index contributed by atoms with van der Waals surface area (Å²) < 4.78 is 5.74. The first-order valence-corrected chi connectivity index (χ1v) is 11.5. The molecule has 0 radical (unpaired) electrons. The lowest BCUT2D eigenvalue weighted by Crippen LogP contribution is -1.92. The molecular weight excluding hydrogens is 378 g/mol. The van der Waals surface area contributed by atoms with Gasteiger partial charge in [-0.05, 0) is 73.6 Å². The van der Waals surface area contributed by atoms with Crippen molar-refractivity contribution in [3.05, 3.63) is 101 Å². The van der Waals surface area contributed by atoms with E-state index in [0.717, 1.165) is 42.2 Å². The van der Waals surface area contributed by atoms with Gasteiger partial charge in [-0.15, -0.1) is 0 Å². The molecule has 4 aromatic rings. The van der Waals surface area contributed by atoms with Crippen LogP contribution in [0.25, 0.3) is 22.5 Å². The Morgan fingerprint density at radius 2 is 1.35 bits per heavy atom. The molecule has 2 heteroatoms. The molecule has 1 aromatic heterocycles. The van der Waals surface area contributed by atoms with Crippen LogP contribution in [0.4, 0.5) is 0 Å². The highest BCUT2D eigenvalue weighted by Crippen LogP contribution is 2.40. The minimum absolute atomic E-state index is 0.803. The monoisotopic (exact) mass is 407 g/mol. The molecule has 0 saturated heterocycles. The van der Waals surface area contributed by atoms with E-state index < -0.39 is 0 Å². The second kappa shape index (κ2) is 8.93. The van der Waals surface area contributed by atoms with Gasteiger partial charge in [-0.3, -0.25) is 0 Å². The van der Waals surface area contributed by atoms with E-state index in [1.807, 2.05) is 0 Å². The van der Waals surface area contributed by atoms with Crippen molar-refractivity contribution >= 4 is 0 Å². The van der Waals surface area contributed by atoms with Gasteiger partial charge in [-0.1, -0.05) is 84.0 Å². The maximum atomic E-state index is 5.74. The lowest BCUT2D eigenvalue weighted by atomic mass is 9.97. The van der Waals surface area contributed by atoms with E-state index in [0.29, 0.717) is 0 Å². The SMILES string of the molecule is Cc1noc(-c2ccc(-c3ccc(C4CC4)cc3)cc2)c1CCCCc1ccccc1. The van der Waals surface area contributed by atoms with E-state index in [1.54, 1.807) is 0 Å². The summed E-state index contributed by atoms with van der Waals surface area (Å²) in [6.07, 6.45) is 7.12. The van der Waals surface area contributed by atoms with E-state index in [2.05, 4.69) is 90.9 Å². The van der Waals surface area contributed by atoms with Crippen LogP contribution in [-0.2, 0) is 12.8 Å². The largest absolute Gasteiger partial charge is 0.356 e. The number of aryl methyl sites for hydroxylation is 2. The fraction of sp³-hybridized carbons (Fsp3) is 0.276. The first kappa shape index (κ1) is 19.8. The van der Waals surface area contributed by atoms with Crippen molar-refractivity contribution in [2.24, 2.45) is 0 Å². The van der Waals surface area contributed by atoms with Gasteiger partial charge in [0.25, 0.3) is 0 Å². The van der Waals surface area contributed by atoms with Crippen LogP contribution in [-0.4, -0.2) is 5.16 Å². The summed E-state index contributed by atoms with van der Waals surface area (Å²) >= 11 is 0. The summed E-state index contributed by atoms with van der Waals surface area (Å²) in [6, 6.07) is 28.5. The Kier molecular flexibility index (Phi) is 5.71. The molecule has 3 aromatic carbocycles. The number of hydrogen-bond donors (Lipinski definition) is 0. The summed E-state index contributed by atoms with van der Waals surface area (Å²) in [5, 5.41) is 4.27. The van der Waals surface area contributed by atoms with Gasteiger partial charge in [-0.2, -0.15) is 0 Å². The Morgan fingerprint density at radius 3 is 2.03 bits per heavy atom. The van der Waals surface area contributed by atoms with Gasteiger partial charge in [-0.25, -0.2) is 0 Å². The first-order valence-electron chi connectivity index (χ1n) is 11.5. The van der Waals surface area contributed by atoms with Crippen molar-refractivity contribution in [3.63, 3.8) is 0 Å². The van der Waals surface area contributed by atoms with E-state index in [-0.39, 0.29) is 0 Å². The van der Waals surface area contributed by atoms with Crippen LogP contribution in [0.15, 0.2) is 83.4 Å². The zero-order valence-electron chi connectivity index (χ0n) is 18.2. The van der Waals surface area contributed by atoms with E-state index in [9.17, 15) is 0 Å². The van der Waals surface area contributed by atoms with Crippen molar-refractivity contribution in [1.82, 2.24) is 5.16 Å². The highest BCUT2D eigenvalue weighted by Gasteiger charge is 2.23. The van der Waals surface area contributed by atoms with Gasteiger partial charge in [0.05, 0.1) is 5.69 Å². The van der Waals surface area contributed by atoms with Crippen LogP contribution in [0.2, 0.25) is 0 Å². The lowest BCUT2D eigenvalue weighted by Gasteiger charge is -2.06. The molecule has 1 heterocycles. The zero-order valence-corrected chi connectivity index (χ0v) is 18.2. The molecule has 156 valence electrons. The second-order valence-corrected chi connectivity index (χ2v) is 8.74. The summed E-state index contributed by atoms with van der Waals surface area (Å²) in [4.78, 5) is 0. The molecule has 5 rings (SSSR count). The number of nitrogens with zero attached hydrogens (tertiary/aromatic N) is 1. The molecule has 0 amide bonds. The van der Waals surface area contributed by atoms with Gasteiger partial charge in [0, 0.05) is 11.1 Å². The molecule has 31 heavy (non-hydrogen) atoms. The second-order valence-electron chi connectivity index (χ2n) is 8.74. The summed E-state index contributed by atoms with van der Waals surface area (Å²) in [5.74, 6) is 1.73. The summed E-state index contributed by atoms with van der Waals surface area (Å²) in [6.45, 7) is 2.05. The minimum Gasteiger partial charge on any atom is -0.356 e. The lowest BCUT2D eigenvalue weighted by molar-refractivity contribution is 0.426. The highest BCUT2D eigenvalue weighted by molar-refractivity contribution is 5.70. The number of aromatic nitrogens is 1. The molecule has 0 N–H and O–H groups in total. The van der Waals surface area contributed by atoms with E-state index in [4.69, 9.17) is 4.52 Å². The predicted octanol–water partition coefficient (Wildman–Crippen LogP) is 7.76. The molecule has 1 fully saturated rings. The van der Waals surface area contributed by atoms with Crippen LogP contribution in [0.3, 0.4) is 0 Å². The van der Waals surface area contributed by atoms with Crippen LogP contribution in [0.5, 0.6) is 0 Å². The average molecular weight is 408 g/mol. The standard InChI is InChI=1S/C29H29NO/c1-21-28(10-6-5-9-22-7-3-2-4-8-22)29(31-30-21)27-19-17-26(18-20-27)25-15-13-24(14-16-25)23-11-12-23/h2-4,7-8,13-20,23H,5-6,9-12H2,1H3. The fourth-order valence-electron chi connectivity index (χ4n) is 4.36. The molecule has 2 nitrogen and oxygen atoms in total. The molecule has 0 atom stereocenters. The molecule has 1 aliphatic carbocycles. The maximum Gasteiger partial charge on any atom is 0.170 e. The van der Waals surface area contributed by atoms with Crippen molar-refractivity contribution < 1.29 is 4.52 Å². The molecule has 1 saturated carbocycles. The average Bonchev–Trinajstić information content (AvgIpc) is 3.61. The third-order valence-electron chi connectivity index (χ3n) is 6.41. The van der Waals surface area contributed by atoms with Crippen molar-refractivity contribution in [1.29, 1.82) is 0 Å². The van der Waals surface area contributed by atoms with E-state index in [1.165, 1.54) is 47.1 Å². The first-order chi connectivity index (χ1) is 15.3.